The maximum Gasteiger partial charge on any atom is 0.236 e. The second-order valence-electron chi connectivity index (χ2n) is 5.51. The number of amides is 1. The minimum Gasteiger partial charge on any atom is -0.339 e. The molecule has 2 heterocycles. The zero-order valence-electron chi connectivity index (χ0n) is 12.4. The lowest BCUT2D eigenvalue weighted by atomic mass is 10.2. The largest absolute Gasteiger partial charge is 0.339 e. The topological polar surface area (TPSA) is 74.5 Å². The highest BCUT2D eigenvalue weighted by molar-refractivity contribution is 5.78. The van der Waals surface area contributed by atoms with Crippen molar-refractivity contribution in [3.05, 3.63) is 11.7 Å². The monoisotopic (exact) mass is 281 g/mol. The number of nitrogens with one attached hydrogen (secondary N) is 1. The summed E-state index contributed by atoms with van der Waals surface area (Å²) in [5.74, 6) is 1.65. The fourth-order valence-corrected chi connectivity index (χ4v) is 2.11. The summed E-state index contributed by atoms with van der Waals surface area (Å²) in [6, 6.07) is 0. The van der Waals surface area contributed by atoms with E-state index in [9.17, 15) is 4.79 Å². The standard InChI is InChI=1S/C13H23N5O2/c1-10(2)13-15-11(16-20-13)8-17(3)9-12(19)18-6-4-14-5-7-18/h10,14H,4-9H2,1-3H3. The minimum atomic E-state index is 0.154. The SMILES string of the molecule is CC(C)c1nc(CN(C)CC(=O)N2CCNCC2)no1. The van der Waals surface area contributed by atoms with Crippen LogP contribution in [0.1, 0.15) is 31.5 Å². The summed E-state index contributed by atoms with van der Waals surface area (Å²) in [5.41, 5.74) is 0. The normalized spacial score (nSPS) is 16.1. The van der Waals surface area contributed by atoms with Gasteiger partial charge in [-0.2, -0.15) is 4.98 Å². The molecule has 2 rings (SSSR count). The van der Waals surface area contributed by atoms with Crippen molar-refractivity contribution in [2.45, 2.75) is 26.3 Å². The molecule has 1 aliphatic heterocycles. The number of piperazine rings is 1. The van der Waals surface area contributed by atoms with E-state index in [-0.39, 0.29) is 11.8 Å². The summed E-state index contributed by atoms with van der Waals surface area (Å²) in [4.78, 5) is 20.2. The molecule has 1 saturated heterocycles. The lowest BCUT2D eigenvalue weighted by molar-refractivity contribution is -0.132. The van der Waals surface area contributed by atoms with Crippen LogP contribution in [-0.2, 0) is 11.3 Å². The van der Waals surface area contributed by atoms with Crippen molar-refractivity contribution in [1.29, 1.82) is 0 Å². The van der Waals surface area contributed by atoms with Gasteiger partial charge in [0.25, 0.3) is 0 Å². The molecule has 0 bridgehead atoms. The molecule has 0 unspecified atom stereocenters. The Hall–Kier alpha value is -1.47. The molecule has 112 valence electrons. The third kappa shape index (κ3) is 4.01. The number of likely N-dealkylation sites (N-methyl/N-ethyl adjacent to an activating group) is 1. The number of carbonyl (C=O) groups excluding carboxylic acids is 1. The van der Waals surface area contributed by atoms with Crippen LogP contribution in [0.3, 0.4) is 0 Å². The van der Waals surface area contributed by atoms with Crippen LogP contribution in [0.4, 0.5) is 0 Å². The molecule has 0 atom stereocenters. The number of nitrogens with zero attached hydrogens (tertiary/aromatic N) is 4. The first kappa shape index (κ1) is 14.9. The molecule has 7 heteroatoms. The molecule has 0 spiro atoms. The van der Waals surface area contributed by atoms with Gasteiger partial charge in [0.15, 0.2) is 5.82 Å². The molecule has 1 fully saturated rings. The van der Waals surface area contributed by atoms with Crippen molar-refractivity contribution in [3.8, 4) is 0 Å². The van der Waals surface area contributed by atoms with E-state index < -0.39 is 0 Å². The van der Waals surface area contributed by atoms with Crippen molar-refractivity contribution in [3.63, 3.8) is 0 Å². The number of carbonyl (C=O) groups is 1. The smallest absolute Gasteiger partial charge is 0.236 e. The Balaban J connectivity index is 1.81. The number of hydrogen-bond donors (Lipinski definition) is 1. The van der Waals surface area contributed by atoms with Crippen LogP contribution in [0, 0.1) is 0 Å². The summed E-state index contributed by atoms with van der Waals surface area (Å²) in [6.45, 7) is 8.23. The highest BCUT2D eigenvalue weighted by Gasteiger charge is 2.19. The molecule has 1 N–H and O–H groups in total. The fraction of sp³-hybridized carbons (Fsp3) is 0.769. The molecular formula is C13H23N5O2. The van der Waals surface area contributed by atoms with E-state index in [2.05, 4.69) is 15.5 Å². The first-order chi connectivity index (χ1) is 9.56. The Labute approximate surface area is 119 Å². The third-order valence-corrected chi connectivity index (χ3v) is 3.26. The number of hydrogen-bond acceptors (Lipinski definition) is 6. The van der Waals surface area contributed by atoms with Crippen LogP contribution < -0.4 is 5.32 Å². The minimum absolute atomic E-state index is 0.154. The summed E-state index contributed by atoms with van der Waals surface area (Å²) in [7, 11) is 1.89. The third-order valence-electron chi connectivity index (χ3n) is 3.26. The Morgan fingerprint density at radius 1 is 1.45 bits per heavy atom. The van der Waals surface area contributed by atoms with E-state index in [1.165, 1.54) is 0 Å². The van der Waals surface area contributed by atoms with Crippen LogP contribution in [-0.4, -0.2) is 65.6 Å². The van der Waals surface area contributed by atoms with Crippen LogP contribution >= 0.6 is 0 Å². The Bertz CT molecular complexity index is 440. The van der Waals surface area contributed by atoms with Gasteiger partial charge in [-0.15, -0.1) is 0 Å². The summed E-state index contributed by atoms with van der Waals surface area (Å²) >= 11 is 0. The van der Waals surface area contributed by atoms with Gasteiger partial charge in [0.05, 0.1) is 13.1 Å². The van der Waals surface area contributed by atoms with Crippen LogP contribution in [0.5, 0.6) is 0 Å². The van der Waals surface area contributed by atoms with Gasteiger partial charge < -0.3 is 14.7 Å². The lowest BCUT2D eigenvalue weighted by Crippen LogP contribution is -2.49. The van der Waals surface area contributed by atoms with Crippen molar-refractivity contribution in [1.82, 2.24) is 25.3 Å². The van der Waals surface area contributed by atoms with Crippen molar-refractivity contribution >= 4 is 5.91 Å². The highest BCUT2D eigenvalue weighted by Crippen LogP contribution is 2.11. The molecule has 0 aliphatic carbocycles. The van der Waals surface area contributed by atoms with E-state index in [1.807, 2.05) is 30.7 Å². The second-order valence-corrected chi connectivity index (χ2v) is 5.51. The van der Waals surface area contributed by atoms with Gasteiger partial charge in [-0.3, -0.25) is 9.69 Å². The summed E-state index contributed by atoms with van der Waals surface area (Å²) < 4.78 is 5.16. The maximum atomic E-state index is 12.1. The van der Waals surface area contributed by atoms with Crippen molar-refractivity contribution < 1.29 is 9.32 Å². The van der Waals surface area contributed by atoms with E-state index >= 15 is 0 Å². The van der Waals surface area contributed by atoms with Crippen LogP contribution in [0.25, 0.3) is 0 Å². The Morgan fingerprint density at radius 3 is 2.75 bits per heavy atom. The molecule has 0 aromatic carbocycles. The van der Waals surface area contributed by atoms with Gasteiger partial charge in [0, 0.05) is 32.1 Å². The molecule has 1 aromatic rings. The Kier molecular flexibility index (Phi) is 5.08. The first-order valence-corrected chi connectivity index (χ1v) is 7.05. The molecular weight excluding hydrogens is 258 g/mol. The van der Waals surface area contributed by atoms with Gasteiger partial charge in [-0.05, 0) is 7.05 Å². The predicted octanol–water partition coefficient (Wildman–Crippen LogP) is 0.0566. The van der Waals surface area contributed by atoms with Gasteiger partial charge >= 0.3 is 0 Å². The van der Waals surface area contributed by atoms with Crippen molar-refractivity contribution in [2.75, 3.05) is 39.8 Å². The van der Waals surface area contributed by atoms with Gasteiger partial charge in [-0.1, -0.05) is 19.0 Å². The second kappa shape index (κ2) is 6.81. The summed E-state index contributed by atoms with van der Waals surface area (Å²) in [5, 5.41) is 7.17. The Morgan fingerprint density at radius 2 is 2.15 bits per heavy atom. The average Bonchev–Trinajstić information content (AvgIpc) is 2.88. The van der Waals surface area contributed by atoms with E-state index in [1.54, 1.807) is 0 Å². The molecule has 1 aliphatic rings. The molecule has 1 aromatic heterocycles. The molecule has 7 nitrogen and oxygen atoms in total. The van der Waals surface area contributed by atoms with Gasteiger partial charge in [0.2, 0.25) is 11.8 Å². The van der Waals surface area contributed by atoms with E-state index in [4.69, 9.17) is 4.52 Å². The zero-order chi connectivity index (χ0) is 14.5. The highest BCUT2D eigenvalue weighted by atomic mass is 16.5. The average molecular weight is 281 g/mol. The van der Waals surface area contributed by atoms with Gasteiger partial charge in [-0.25, -0.2) is 0 Å². The van der Waals surface area contributed by atoms with Gasteiger partial charge in [0.1, 0.15) is 0 Å². The molecule has 0 saturated carbocycles. The lowest BCUT2D eigenvalue weighted by Gasteiger charge is -2.29. The molecule has 20 heavy (non-hydrogen) atoms. The fourth-order valence-electron chi connectivity index (χ4n) is 2.11. The molecule has 1 amide bonds. The predicted molar refractivity (Wildman–Crippen MR) is 74.2 cm³/mol. The first-order valence-electron chi connectivity index (χ1n) is 7.05. The van der Waals surface area contributed by atoms with Crippen LogP contribution in [0.15, 0.2) is 4.52 Å². The molecule has 0 radical (unpaired) electrons. The van der Waals surface area contributed by atoms with Crippen LogP contribution in [0.2, 0.25) is 0 Å². The van der Waals surface area contributed by atoms with E-state index in [0.717, 1.165) is 26.2 Å². The number of aromatic nitrogens is 2. The zero-order valence-corrected chi connectivity index (χ0v) is 12.4. The number of rotatable bonds is 5. The maximum absolute atomic E-state index is 12.1. The quantitative estimate of drug-likeness (QED) is 0.822. The summed E-state index contributed by atoms with van der Waals surface area (Å²) in [6.07, 6.45) is 0. The van der Waals surface area contributed by atoms with E-state index in [0.29, 0.717) is 24.8 Å². The van der Waals surface area contributed by atoms with Crippen molar-refractivity contribution in [2.24, 2.45) is 0 Å².